The molecular weight excluding hydrogens is 523 g/mol. The zero-order chi connectivity index (χ0) is 28.3. The molecule has 3 N–H and O–H groups in total. The third-order valence-electron chi connectivity index (χ3n) is 6.12. The Kier molecular flexibility index (Phi) is 8.03. The summed E-state index contributed by atoms with van der Waals surface area (Å²) in [5.74, 6) is -1.92. The Morgan fingerprint density at radius 2 is 1.74 bits per heavy atom. The predicted molar refractivity (Wildman–Crippen MR) is 150 cm³/mol. The van der Waals surface area contributed by atoms with Gasteiger partial charge in [0.25, 0.3) is 5.91 Å². The molecule has 0 saturated carbocycles. The number of nitrogens with zero attached hydrogens (tertiary/aromatic N) is 2. The van der Waals surface area contributed by atoms with Crippen molar-refractivity contribution < 1.29 is 27.5 Å². The molecule has 204 valence electrons. The number of benzene rings is 3. The minimum absolute atomic E-state index is 0.201. The molecule has 0 bridgehead atoms. The minimum Gasteiger partial charge on any atom is -0.481 e. The number of fused-ring (bicyclic) bond motifs is 1. The second-order valence-electron chi connectivity index (χ2n) is 9.48. The summed E-state index contributed by atoms with van der Waals surface area (Å²) in [4.78, 5) is 26.3. The number of carboxylic acid groups (broad SMARTS) is 1. The lowest BCUT2D eigenvalue weighted by molar-refractivity contribution is -0.136. The van der Waals surface area contributed by atoms with Crippen LogP contribution in [-0.2, 0) is 26.0 Å². The Morgan fingerprint density at radius 3 is 2.38 bits per heavy atom. The topological polar surface area (TPSA) is 119 Å². The summed E-state index contributed by atoms with van der Waals surface area (Å²) in [6, 6.07) is 17.6. The lowest BCUT2D eigenvalue weighted by atomic mass is 9.98. The number of sulfonamides is 1. The van der Waals surface area contributed by atoms with Gasteiger partial charge in [-0.2, -0.15) is 0 Å². The van der Waals surface area contributed by atoms with E-state index in [2.05, 4.69) is 10.6 Å². The summed E-state index contributed by atoms with van der Waals surface area (Å²) in [7, 11) is 0.202. The highest BCUT2D eigenvalue weighted by Gasteiger charge is 2.29. The van der Waals surface area contributed by atoms with E-state index in [1.54, 1.807) is 48.5 Å². The Morgan fingerprint density at radius 1 is 1.03 bits per heavy atom. The fourth-order valence-corrected chi connectivity index (χ4v) is 5.23. The maximum atomic E-state index is 13.9. The number of nitrogens with one attached hydrogen (secondary N) is 2. The smallest absolute Gasteiger partial charge is 0.307 e. The van der Waals surface area contributed by atoms with Crippen molar-refractivity contribution in [3.05, 3.63) is 89.2 Å². The molecule has 1 amide bonds. The number of rotatable bonds is 10. The Labute approximate surface area is 226 Å². The largest absolute Gasteiger partial charge is 0.481 e. The van der Waals surface area contributed by atoms with Gasteiger partial charge >= 0.3 is 5.97 Å². The normalized spacial score (nSPS) is 14.1. The lowest BCUT2D eigenvalue weighted by Gasteiger charge is -2.24. The number of hydrogen-bond donors (Lipinski definition) is 3. The van der Waals surface area contributed by atoms with Crippen LogP contribution < -0.4 is 14.9 Å². The van der Waals surface area contributed by atoms with Gasteiger partial charge in [0, 0.05) is 24.3 Å². The van der Waals surface area contributed by atoms with E-state index >= 15 is 0 Å². The van der Waals surface area contributed by atoms with Crippen LogP contribution in [0.1, 0.15) is 16.7 Å². The second kappa shape index (κ2) is 11.3. The van der Waals surface area contributed by atoms with E-state index in [0.29, 0.717) is 46.0 Å². The summed E-state index contributed by atoms with van der Waals surface area (Å²) in [6.45, 7) is 0.808. The Balaban J connectivity index is 1.77. The maximum absolute atomic E-state index is 13.9. The first kappa shape index (κ1) is 27.8. The summed E-state index contributed by atoms with van der Waals surface area (Å²) in [6.07, 6.45) is 0.952. The van der Waals surface area contributed by atoms with E-state index < -0.39 is 27.7 Å². The van der Waals surface area contributed by atoms with Gasteiger partial charge in [-0.05, 0) is 73.8 Å². The molecule has 1 aliphatic rings. The minimum atomic E-state index is -3.52. The Hall–Kier alpha value is -4.22. The SMILES string of the molecule is CN(C)CCN(c1ccc(NC(=C2C(=O)Nc3cc(F)ccc32)c2cccc(CC(=O)O)c2)cc1)S(C)(=O)=O. The number of carbonyl (C=O) groups is 2. The molecule has 0 fully saturated rings. The summed E-state index contributed by atoms with van der Waals surface area (Å²) < 4.78 is 40.0. The van der Waals surface area contributed by atoms with E-state index in [4.69, 9.17) is 0 Å². The van der Waals surface area contributed by atoms with Gasteiger partial charge < -0.3 is 20.6 Å². The molecule has 3 aromatic rings. The molecule has 4 rings (SSSR count). The summed E-state index contributed by atoms with van der Waals surface area (Å²) >= 11 is 0. The molecule has 11 heteroatoms. The van der Waals surface area contributed by atoms with Crippen LogP contribution in [0.15, 0.2) is 66.7 Å². The molecule has 9 nitrogen and oxygen atoms in total. The second-order valence-corrected chi connectivity index (χ2v) is 11.4. The molecule has 1 heterocycles. The maximum Gasteiger partial charge on any atom is 0.307 e. The number of halogens is 1. The monoisotopic (exact) mass is 552 g/mol. The fourth-order valence-electron chi connectivity index (χ4n) is 4.32. The van der Waals surface area contributed by atoms with Crippen molar-refractivity contribution in [2.24, 2.45) is 0 Å². The van der Waals surface area contributed by atoms with Gasteiger partial charge in [-0.3, -0.25) is 13.9 Å². The number of anilines is 3. The quantitative estimate of drug-likeness (QED) is 0.328. The molecule has 3 aromatic carbocycles. The van der Waals surface area contributed by atoms with Crippen molar-refractivity contribution in [2.75, 3.05) is 48.4 Å². The van der Waals surface area contributed by atoms with E-state index in [9.17, 15) is 27.5 Å². The van der Waals surface area contributed by atoms with Crippen LogP contribution in [0.2, 0.25) is 0 Å². The van der Waals surface area contributed by atoms with Gasteiger partial charge in [-0.25, -0.2) is 12.8 Å². The van der Waals surface area contributed by atoms with Gasteiger partial charge in [-0.1, -0.05) is 18.2 Å². The van der Waals surface area contributed by atoms with E-state index in [1.807, 2.05) is 19.0 Å². The van der Waals surface area contributed by atoms with E-state index in [1.165, 1.54) is 22.5 Å². The summed E-state index contributed by atoms with van der Waals surface area (Å²) in [5.41, 5.74) is 3.64. The molecule has 0 unspecified atom stereocenters. The van der Waals surface area contributed by atoms with Crippen molar-refractivity contribution >= 4 is 50.2 Å². The van der Waals surface area contributed by atoms with Crippen molar-refractivity contribution in [1.29, 1.82) is 0 Å². The average Bonchev–Trinajstić information content (AvgIpc) is 3.16. The number of aliphatic carboxylic acids is 1. The first-order chi connectivity index (χ1) is 18.4. The van der Waals surface area contributed by atoms with Gasteiger partial charge in [-0.15, -0.1) is 0 Å². The zero-order valence-electron chi connectivity index (χ0n) is 21.7. The van der Waals surface area contributed by atoms with Gasteiger partial charge in [0.2, 0.25) is 10.0 Å². The first-order valence-corrected chi connectivity index (χ1v) is 13.9. The van der Waals surface area contributed by atoms with Crippen molar-refractivity contribution in [2.45, 2.75) is 6.42 Å². The van der Waals surface area contributed by atoms with Gasteiger partial charge in [0.15, 0.2) is 0 Å². The number of carboxylic acids is 1. The van der Waals surface area contributed by atoms with Gasteiger partial charge in [0.1, 0.15) is 5.82 Å². The van der Waals surface area contributed by atoms with Crippen LogP contribution in [0.5, 0.6) is 0 Å². The standard InChI is InChI=1S/C28H29FN4O5S/c1-32(2)13-14-33(39(3,37)38)22-10-8-21(9-11-22)30-27(19-6-4-5-18(15-19)16-25(34)35)26-23-12-7-20(29)17-24(23)31-28(26)36/h4-12,15,17,30H,13-14,16H2,1-3H3,(H,31,36)(H,34,35). The van der Waals surface area contributed by atoms with Crippen LogP contribution in [-0.4, -0.2) is 63.7 Å². The lowest BCUT2D eigenvalue weighted by Crippen LogP contribution is -2.35. The molecule has 0 radical (unpaired) electrons. The molecular formula is C28H29FN4O5S. The van der Waals surface area contributed by atoms with Crippen LogP contribution in [0.3, 0.4) is 0 Å². The molecule has 0 atom stereocenters. The summed E-state index contributed by atoms with van der Waals surface area (Å²) in [5, 5.41) is 15.2. The highest BCUT2D eigenvalue weighted by Crippen LogP contribution is 2.38. The van der Waals surface area contributed by atoms with Crippen LogP contribution in [0, 0.1) is 5.82 Å². The fraction of sp³-hybridized carbons (Fsp3) is 0.214. The molecule has 1 aliphatic heterocycles. The molecule has 0 spiro atoms. The molecule has 39 heavy (non-hydrogen) atoms. The zero-order valence-corrected chi connectivity index (χ0v) is 22.5. The highest BCUT2D eigenvalue weighted by atomic mass is 32.2. The Bertz CT molecular complexity index is 1550. The number of carbonyl (C=O) groups excluding carboxylic acids is 1. The van der Waals surface area contributed by atoms with E-state index in [-0.39, 0.29) is 18.5 Å². The van der Waals surface area contributed by atoms with Gasteiger partial charge in [0.05, 0.1) is 35.3 Å². The predicted octanol–water partition coefficient (Wildman–Crippen LogP) is 3.71. The number of hydrogen-bond acceptors (Lipinski definition) is 6. The average molecular weight is 553 g/mol. The number of amides is 1. The molecule has 0 aliphatic carbocycles. The van der Waals surface area contributed by atoms with Crippen LogP contribution >= 0.6 is 0 Å². The molecule has 0 saturated heterocycles. The van der Waals surface area contributed by atoms with Crippen molar-refractivity contribution in [1.82, 2.24) is 4.90 Å². The van der Waals surface area contributed by atoms with Crippen molar-refractivity contribution in [3.63, 3.8) is 0 Å². The first-order valence-electron chi connectivity index (χ1n) is 12.1. The van der Waals surface area contributed by atoms with Crippen molar-refractivity contribution in [3.8, 4) is 0 Å². The van der Waals surface area contributed by atoms with E-state index in [0.717, 1.165) is 6.26 Å². The third-order valence-corrected chi connectivity index (χ3v) is 7.32. The van der Waals surface area contributed by atoms with Crippen LogP contribution in [0.25, 0.3) is 11.3 Å². The highest BCUT2D eigenvalue weighted by molar-refractivity contribution is 7.92. The number of likely N-dealkylation sites (N-methyl/N-ethyl adjacent to an activating group) is 1. The molecule has 0 aromatic heterocycles. The third kappa shape index (κ3) is 6.62. The van der Waals surface area contributed by atoms with Crippen LogP contribution in [0.4, 0.5) is 21.5 Å².